The van der Waals surface area contributed by atoms with Crippen LogP contribution in [0, 0.1) is 10.1 Å². The van der Waals surface area contributed by atoms with Crippen LogP contribution >= 0.6 is 35.6 Å². The molecule has 0 spiro atoms. The van der Waals surface area contributed by atoms with E-state index in [1.54, 1.807) is 12.1 Å². The van der Waals surface area contributed by atoms with Gasteiger partial charge in [-0.25, -0.2) is 0 Å². The molecule has 2 aromatic rings. The van der Waals surface area contributed by atoms with Crippen molar-refractivity contribution in [3.8, 4) is 0 Å². The standard InChI is InChI=1S/C17H10ClN3O5S2/c18-11-6-4-10(5-7-11)15(22)19-20-16(23)13(28-17(20)27)3-1-2-12-8-9-14(26-12)21(24)25/h1-9H,(H,19,22)/b2-1+,13-3-. The van der Waals surface area contributed by atoms with Gasteiger partial charge in [0, 0.05) is 10.6 Å². The Bertz CT molecular complexity index is 1030. The number of thiocarbonyl (C=S) groups is 1. The predicted molar refractivity (Wildman–Crippen MR) is 108 cm³/mol. The first-order valence-corrected chi connectivity index (χ1v) is 9.21. The number of carbonyl (C=O) groups excluding carboxylic acids is 2. The number of hydrazine groups is 1. The van der Waals surface area contributed by atoms with Gasteiger partial charge in [0.15, 0.2) is 4.32 Å². The van der Waals surface area contributed by atoms with Crippen LogP contribution in [0.1, 0.15) is 16.1 Å². The number of hydrogen-bond donors (Lipinski definition) is 1. The second-order valence-corrected chi connectivity index (χ2v) is 7.39. The van der Waals surface area contributed by atoms with Crippen LogP contribution in [-0.4, -0.2) is 26.1 Å². The lowest BCUT2D eigenvalue weighted by molar-refractivity contribution is -0.402. The molecule has 0 aliphatic carbocycles. The number of thioether (sulfide) groups is 1. The van der Waals surface area contributed by atoms with Crippen molar-refractivity contribution in [2.45, 2.75) is 0 Å². The topological polar surface area (TPSA) is 106 Å². The largest absolute Gasteiger partial charge is 0.433 e. The van der Waals surface area contributed by atoms with E-state index in [4.69, 9.17) is 28.2 Å². The summed E-state index contributed by atoms with van der Waals surface area (Å²) in [5.41, 5.74) is 2.77. The minimum absolute atomic E-state index is 0.167. The fraction of sp³-hybridized carbons (Fsp3) is 0. The molecule has 2 amide bonds. The number of nitrogens with one attached hydrogen (secondary N) is 1. The Hall–Kier alpha value is -2.95. The summed E-state index contributed by atoms with van der Waals surface area (Å²) in [4.78, 5) is 34.9. The number of carbonyl (C=O) groups is 2. The van der Waals surface area contributed by atoms with E-state index in [1.807, 2.05) is 0 Å². The Kier molecular flexibility index (Phi) is 5.93. The van der Waals surface area contributed by atoms with Crippen LogP contribution in [0.5, 0.6) is 0 Å². The summed E-state index contributed by atoms with van der Waals surface area (Å²) in [6.45, 7) is 0. The molecule has 1 saturated heterocycles. The van der Waals surface area contributed by atoms with Gasteiger partial charge in [-0.05, 0) is 54.7 Å². The number of halogens is 1. The van der Waals surface area contributed by atoms with Gasteiger partial charge < -0.3 is 4.42 Å². The normalized spacial score (nSPS) is 15.6. The molecular formula is C17H10ClN3O5S2. The molecule has 1 aromatic carbocycles. The van der Waals surface area contributed by atoms with Gasteiger partial charge in [-0.1, -0.05) is 29.4 Å². The van der Waals surface area contributed by atoms with Crippen molar-refractivity contribution in [1.82, 2.24) is 10.4 Å². The molecule has 0 unspecified atom stereocenters. The molecule has 1 aliphatic heterocycles. The van der Waals surface area contributed by atoms with E-state index in [0.717, 1.165) is 16.8 Å². The van der Waals surface area contributed by atoms with Crippen molar-refractivity contribution in [1.29, 1.82) is 0 Å². The maximum absolute atomic E-state index is 12.4. The van der Waals surface area contributed by atoms with Crippen molar-refractivity contribution in [3.05, 3.63) is 79.9 Å². The Balaban J connectivity index is 1.67. The SMILES string of the molecule is O=C(NN1C(=O)/C(=C/C=C/c2ccc([N+](=O)[O-])o2)SC1=S)c1ccc(Cl)cc1. The zero-order chi connectivity index (χ0) is 20.3. The molecule has 1 fully saturated rings. The van der Waals surface area contributed by atoms with E-state index >= 15 is 0 Å². The smallest absolute Gasteiger partial charge is 0.401 e. The van der Waals surface area contributed by atoms with Crippen molar-refractivity contribution >= 4 is 63.7 Å². The monoisotopic (exact) mass is 435 g/mol. The number of furan rings is 1. The third kappa shape index (κ3) is 4.47. The molecule has 0 bridgehead atoms. The molecule has 8 nitrogen and oxygen atoms in total. The lowest BCUT2D eigenvalue weighted by Crippen LogP contribution is -2.44. The lowest BCUT2D eigenvalue weighted by Gasteiger charge is -2.15. The minimum atomic E-state index is -0.647. The van der Waals surface area contributed by atoms with E-state index < -0.39 is 16.7 Å². The molecule has 2 heterocycles. The van der Waals surface area contributed by atoms with Gasteiger partial charge in [-0.15, -0.1) is 0 Å². The first-order chi connectivity index (χ1) is 13.3. The van der Waals surface area contributed by atoms with E-state index in [0.29, 0.717) is 10.6 Å². The Labute approximate surface area is 172 Å². The van der Waals surface area contributed by atoms with Crippen molar-refractivity contribution in [3.63, 3.8) is 0 Å². The van der Waals surface area contributed by atoms with Gasteiger partial charge in [0.25, 0.3) is 11.8 Å². The number of benzene rings is 1. The highest BCUT2D eigenvalue weighted by molar-refractivity contribution is 8.26. The van der Waals surface area contributed by atoms with Crippen LogP contribution in [0.3, 0.4) is 0 Å². The second kappa shape index (κ2) is 8.38. The van der Waals surface area contributed by atoms with Crippen LogP contribution in [0.4, 0.5) is 5.88 Å². The average molecular weight is 436 g/mol. The average Bonchev–Trinajstić information content (AvgIpc) is 3.23. The number of nitro groups is 1. The quantitative estimate of drug-likeness (QED) is 0.328. The first-order valence-electron chi connectivity index (χ1n) is 7.60. The fourth-order valence-electron chi connectivity index (χ4n) is 2.11. The van der Waals surface area contributed by atoms with Gasteiger partial charge in [0.2, 0.25) is 0 Å². The third-order valence-electron chi connectivity index (χ3n) is 3.41. The molecule has 28 heavy (non-hydrogen) atoms. The molecule has 3 rings (SSSR count). The fourth-order valence-corrected chi connectivity index (χ4v) is 3.36. The van der Waals surface area contributed by atoms with Crippen LogP contribution in [0.2, 0.25) is 5.02 Å². The molecule has 11 heteroatoms. The molecule has 0 atom stereocenters. The summed E-state index contributed by atoms with van der Waals surface area (Å²) in [5.74, 6) is -1.12. The summed E-state index contributed by atoms with van der Waals surface area (Å²) < 4.78 is 5.15. The zero-order valence-electron chi connectivity index (χ0n) is 13.8. The van der Waals surface area contributed by atoms with Crippen LogP contribution in [-0.2, 0) is 4.79 Å². The second-order valence-electron chi connectivity index (χ2n) is 5.28. The number of nitrogens with zero attached hydrogens (tertiary/aromatic N) is 2. The van der Waals surface area contributed by atoms with Crippen molar-refractivity contribution in [2.24, 2.45) is 0 Å². The molecule has 1 N–H and O–H groups in total. The molecule has 1 aliphatic rings. The zero-order valence-corrected chi connectivity index (χ0v) is 16.2. The minimum Gasteiger partial charge on any atom is -0.401 e. The highest BCUT2D eigenvalue weighted by atomic mass is 35.5. The Morgan fingerprint density at radius 3 is 2.64 bits per heavy atom. The number of amides is 2. The molecule has 1 aromatic heterocycles. The molecule has 0 saturated carbocycles. The van der Waals surface area contributed by atoms with E-state index in [1.165, 1.54) is 42.5 Å². The highest BCUT2D eigenvalue weighted by Gasteiger charge is 2.33. The van der Waals surface area contributed by atoms with Gasteiger partial charge in [-0.2, -0.15) is 5.01 Å². The van der Waals surface area contributed by atoms with E-state index in [-0.39, 0.29) is 20.9 Å². The number of hydrogen-bond acceptors (Lipinski definition) is 7. The molecule has 142 valence electrons. The third-order valence-corrected chi connectivity index (χ3v) is 4.99. The predicted octanol–water partition coefficient (Wildman–Crippen LogP) is 3.94. The summed E-state index contributed by atoms with van der Waals surface area (Å²) in [7, 11) is 0. The summed E-state index contributed by atoms with van der Waals surface area (Å²) >= 11 is 11.9. The van der Waals surface area contributed by atoms with E-state index in [2.05, 4.69) is 5.43 Å². The van der Waals surface area contributed by atoms with Gasteiger partial charge in [-0.3, -0.25) is 25.1 Å². The van der Waals surface area contributed by atoms with Crippen molar-refractivity contribution in [2.75, 3.05) is 0 Å². The summed E-state index contributed by atoms with van der Waals surface area (Å²) in [6.07, 6.45) is 4.43. The van der Waals surface area contributed by atoms with Crippen LogP contribution in [0.15, 0.2) is 57.9 Å². The van der Waals surface area contributed by atoms with Crippen LogP contribution < -0.4 is 5.43 Å². The summed E-state index contributed by atoms with van der Waals surface area (Å²) in [5, 5.41) is 12.1. The van der Waals surface area contributed by atoms with Crippen molar-refractivity contribution < 1.29 is 18.9 Å². The van der Waals surface area contributed by atoms with Gasteiger partial charge in [0.1, 0.15) is 10.7 Å². The maximum atomic E-state index is 12.4. The lowest BCUT2D eigenvalue weighted by atomic mass is 10.2. The maximum Gasteiger partial charge on any atom is 0.433 e. The summed E-state index contributed by atoms with van der Waals surface area (Å²) in [6, 6.07) is 8.83. The van der Waals surface area contributed by atoms with Crippen LogP contribution in [0.25, 0.3) is 6.08 Å². The Morgan fingerprint density at radius 1 is 1.29 bits per heavy atom. The highest BCUT2D eigenvalue weighted by Crippen LogP contribution is 2.30. The van der Waals surface area contributed by atoms with Gasteiger partial charge in [0.05, 0.1) is 11.0 Å². The number of rotatable bonds is 5. The Morgan fingerprint density at radius 2 is 2.00 bits per heavy atom. The van der Waals surface area contributed by atoms with E-state index in [9.17, 15) is 19.7 Å². The number of allylic oxidation sites excluding steroid dienone is 2. The molecule has 0 radical (unpaired) electrons. The first kappa shape index (κ1) is 19.8. The van der Waals surface area contributed by atoms with Gasteiger partial charge >= 0.3 is 5.88 Å². The molecular weight excluding hydrogens is 426 g/mol.